The Bertz CT molecular complexity index is 715. The summed E-state index contributed by atoms with van der Waals surface area (Å²) in [5.41, 5.74) is 0. The number of nitrogens with zero attached hydrogens (tertiary/aromatic N) is 4. The summed E-state index contributed by atoms with van der Waals surface area (Å²) in [6, 6.07) is 0.340. The van der Waals surface area contributed by atoms with Crippen LogP contribution in [0.15, 0.2) is 16.7 Å². The van der Waals surface area contributed by atoms with E-state index in [4.69, 9.17) is 0 Å². The first-order valence-electron chi connectivity index (χ1n) is 9.19. The van der Waals surface area contributed by atoms with Crippen LogP contribution in [0.4, 0.5) is 5.13 Å². The van der Waals surface area contributed by atoms with Crippen molar-refractivity contribution < 1.29 is 9.69 Å². The molecule has 0 spiro atoms. The summed E-state index contributed by atoms with van der Waals surface area (Å²) in [4.78, 5) is 17.7. The predicted molar refractivity (Wildman–Crippen MR) is 105 cm³/mol. The maximum Gasteiger partial charge on any atom is 0.281 e. The van der Waals surface area contributed by atoms with Crippen LogP contribution in [0, 0.1) is 0 Å². The molecule has 0 aliphatic carbocycles. The van der Waals surface area contributed by atoms with Crippen molar-refractivity contribution in [3.63, 3.8) is 0 Å². The van der Waals surface area contributed by atoms with Crippen molar-refractivity contribution in [2.24, 2.45) is 0 Å². The molecule has 0 saturated carbocycles. The molecule has 0 bridgehead atoms. The van der Waals surface area contributed by atoms with Crippen LogP contribution in [0.1, 0.15) is 51.4 Å². The summed E-state index contributed by atoms with van der Waals surface area (Å²) >= 11 is 3.19. The Kier molecular flexibility index (Phi) is 6.66. The first-order chi connectivity index (χ1) is 12.6. The van der Waals surface area contributed by atoms with Gasteiger partial charge in [-0.2, -0.15) is 0 Å². The topological polar surface area (TPSA) is 77.1 Å². The zero-order valence-corrected chi connectivity index (χ0v) is 17.2. The lowest BCUT2D eigenvalue weighted by Gasteiger charge is -2.29. The van der Waals surface area contributed by atoms with Crippen LogP contribution in [0.2, 0.25) is 0 Å². The van der Waals surface area contributed by atoms with E-state index >= 15 is 0 Å². The Morgan fingerprint density at radius 2 is 2.35 bits per heavy atom. The number of piperidine rings is 1. The van der Waals surface area contributed by atoms with Crippen molar-refractivity contribution in [1.82, 2.24) is 19.7 Å². The molecule has 0 aromatic carbocycles. The first kappa shape index (κ1) is 19.3. The second-order valence-corrected chi connectivity index (χ2v) is 8.97. The number of amides is 1. The van der Waals surface area contributed by atoms with Crippen LogP contribution in [-0.2, 0) is 4.79 Å². The van der Waals surface area contributed by atoms with Gasteiger partial charge in [0.25, 0.3) is 5.91 Å². The lowest BCUT2D eigenvalue weighted by atomic mass is 9.97. The van der Waals surface area contributed by atoms with Crippen molar-refractivity contribution in [2.45, 2.75) is 50.7 Å². The summed E-state index contributed by atoms with van der Waals surface area (Å²) in [6.45, 7) is 8.92. The van der Waals surface area contributed by atoms with Crippen LogP contribution >= 0.6 is 23.1 Å². The maximum absolute atomic E-state index is 12.3. The number of carbonyl (C=O) groups excluding carboxylic acids is 1. The number of hydrogen-bond acceptors (Lipinski definition) is 6. The zero-order chi connectivity index (χ0) is 18.5. The third-order valence-corrected chi connectivity index (χ3v) is 6.07. The predicted octanol–water partition coefficient (Wildman–Crippen LogP) is 1.83. The molecule has 1 aliphatic heterocycles. The molecule has 1 fully saturated rings. The SMILES string of the molecule is CCSc1nnc([C@H]2CCC[NH+](CC(=O)Nc3nccs3)C2)n1C(C)C. The van der Waals surface area contributed by atoms with Gasteiger partial charge in [-0.05, 0) is 32.4 Å². The summed E-state index contributed by atoms with van der Waals surface area (Å²) in [6.07, 6.45) is 3.92. The molecule has 1 amide bonds. The van der Waals surface area contributed by atoms with Gasteiger partial charge in [0.2, 0.25) is 0 Å². The second kappa shape index (κ2) is 8.96. The van der Waals surface area contributed by atoms with Gasteiger partial charge in [0.15, 0.2) is 16.8 Å². The Hall–Kier alpha value is -1.45. The molecule has 7 nitrogen and oxygen atoms in total. The van der Waals surface area contributed by atoms with Crippen molar-refractivity contribution in [3.05, 3.63) is 17.4 Å². The smallest absolute Gasteiger partial charge is 0.281 e. The van der Waals surface area contributed by atoms with E-state index in [9.17, 15) is 4.79 Å². The van der Waals surface area contributed by atoms with Gasteiger partial charge in [-0.3, -0.25) is 10.1 Å². The van der Waals surface area contributed by atoms with E-state index in [2.05, 4.69) is 45.8 Å². The van der Waals surface area contributed by atoms with Crippen LogP contribution in [-0.4, -0.2) is 51.0 Å². The van der Waals surface area contributed by atoms with Crippen LogP contribution < -0.4 is 10.2 Å². The average molecular weight is 396 g/mol. The van der Waals surface area contributed by atoms with Crippen LogP contribution in [0.25, 0.3) is 0 Å². The fraction of sp³-hybridized carbons (Fsp3) is 0.647. The van der Waals surface area contributed by atoms with Gasteiger partial charge >= 0.3 is 0 Å². The van der Waals surface area contributed by atoms with Crippen molar-refractivity contribution in [1.29, 1.82) is 0 Å². The largest absolute Gasteiger partial charge is 0.327 e. The Balaban J connectivity index is 1.65. The molecule has 2 atom stereocenters. The number of nitrogens with one attached hydrogen (secondary N) is 2. The minimum atomic E-state index is 0.0307. The molecule has 2 N–H and O–H groups in total. The third kappa shape index (κ3) is 4.63. The van der Waals surface area contributed by atoms with Gasteiger partial charge < -0.3 is 9.47 Å². The van der Waals surface area contributed by atoms with Gasteiger partial charge in [0.1, 0.15) is 5.82 Å². The highest BCUT2D eigenvalue weighted by molar-refractivity contribution is 7.99. The van der Waals surface area contributed by atoms with Gasteiger partial charge in [0.05, 0.1) is 19.0 Å². The molecule has 0 radical (unpaired) electrons. The number of hydrogen-bond donors (Lipinski definition) is 2. The molecule has 2 aromatic heterocycles. The Morgan fingerprint density at radius 1 is 1.50 bits per heavy atom. The van der Waals surface area contributed by atoms with Gasteiger partial charge in [-0.15, -0.1) is 21.5 Å². The number of thioether (sulfide) groups is 1. The number of likely N-dealkylation sites (tertiary alicyclic amines) is 1. The van der Waals surface area contributed by atoms with Crippen molar-refractivity contribution in [2.75, 3.05) is 30.7 Å². The summed E-state index contributed by atoms with van der Waals surface area (Å²) in [7, 11) is 0. The molecule has 1 saturated heterocycles. The molecule has 9 heteroatoms. The minimum absolute atomic E-state index is 0.0307. The number of thiazole rings is 1. The minimum Gasteiger partial charge on any atom is -0.327 e. The van der Waals surface area contributed by atoms with Crippen LogP contribution in [0.5, 0.6) is 0 Å². The van der Waals surface area contributed by atoms with Gasteiger partial charge in [-0.25, -0.2) is 4.98 Å². The summed E-state index contributed by atoms with van der Waals surface area (Å²) in [5.74, 6) is 2.45. The van der Waals surface area contributed by atoms with E-state index < -0.39 is 0 Å². The normalized spacial score (nSPS) is 20.5. The average Bonchev–Trinajstić information content (AvgIpc) is 3.25. The lowest BCUT2D eigenvalue weighted by molar-refractivity contribution is -0.898. The van der Waals surface area contributed by atoms with Crippen molar-refractivity contribution >= 4 is 34.1 Å². The fourth-order valence-electron chi connectivity index (χ4n) is 3.49. The lowest BCUT2D eigenvalue weighted by Crippen LogP contribution is -3.14. The Morgan fingerprint density at radius 3 is 3.04 bits per heavy atom. The quantitative estimate of drug-likeness (QED) is 0.700. The number of rotatable bonds is 7. The fourth-order valence-corrected chi connectivity index (χ4v) is 4.83. The standard InChI is InChI=1S/C17H26N6OS2/c1-4-25-17-21-20-15(23(17)12(2)3)13-6-5-8-22(10-13)11-14(24)19-16-18-7-9-26-16/h7,9,12-13H,4-6,8,10-11H2,1-3H3,(H,18,19,24)/p+1/t13-/m0/s1. The van der Waals surface area contributed by atoms with Crippen molar-refractivity contribution in [3.8, 4) is 0 Å². The molecule has 26 heavy (non-hydrogen) atoms. The van der Waals surface area contributed by atoms with E-state index in [1.165, 1.54) is 16.2 Å². The first-order valence-corrected chi connectivity index (χ1v) is 11.1. The highest BCUT2D eigenvalue weighted by atomic mass is 32.2. The number of quaternary nitrogens is 1. The van der Waals surface area contributed by atoms with Crippen LogP contribution in [0.3, 0.4) is 0 Å². The Labute approximate surface area is 162 Å². The summed E-state index contributed by atoms with van der Waals surface area (Å²) in [5, 5.41) is 15.4. The summed E-state index contributed by atoms with van der Waals surface area (Å²) < 4.78 is 2.28. The molecule has 142 valence electrons. The monoisotopic (exact) mass is 395 g/mol. The van der Waals surface area contributed by atoms with E-state index in [1.54, 1.807) is 18.0 Å². The number of carbonyl (C=O) groups is 1. The van der Waals surface area contributed by atoms with E-state index in [-0.39, 0.29) is 5.91 Å². The molecule has 2 aromatic rings. The van der Waals surface area contributed by atoms with Gasteiger partial charge in [-0.1, -0.05) is 18.7 Å². The number of aromatic nitrogens is 4. The van der Waals surface area contributed by atoms with E-state index in [0.29, 0.717) is 23.6 Å². The number of anilines is 1. The van der Waals surface area contributed by atoms with E-state index in [1.807, 2.05) is 5.38 Å². The molecule has 1 aliphatic rings. The molecule has 3 rings (SSSR count). The molecular weight excluding hydrogens is 368 g/mol. The molecule has 1 unspecified atom stereocenters. The second-order valence-electron chi connectivity index (χ2n) is 6.84. The van der Waals surface area contributed by atoms with Gasteiger partial charge in [0, 0.05) is 17.6 Å². The third-order valence-electron chi connectivity index (χ3n) is 4.55. The molecular formula is C17H27N6OS2+. The maximum atomic E-state index is 12.3. The highest BCUT2D eigenvalue weighted by Crippen LogP contribution is 2.28. The van der Waals surface area contributed by atoms with E-state index in [0.717, 1.165) is 42.7 Å². The zero-order valence-electron chi connectivity index (χ0n) is 15.6. The molecule has 3 heterocycles. The highest BCUT2D eigenvalue weighted by Gasteiger charge is 2.31.